The second kappa shape index (κ2) is 3.74. The summed E-state index contributed by atoms with van der Waals surface area (Å²) in [5.41, 5.74) is 4.56. The molecule has 0 aromatic heterocycles. The van der Waals surface area contributed by atoms with Gasteiger partial charge in [0.15, 0.2) is 0 Å². The van der Waals surface area contributed by atoms with Crippen molar-refractivity contribution in [1.29, 1.82) is 0 Å². The largest absolute Gasteiger partial charge is 0.310 e. The van der Waals surface area contributed by atoms with Crippen LogP contribution in [-0.4, -0.2) is 6.54 Å². The maximum absolute atomic E-state index is 3.56. The third kappa shape index (κ3) is 1.46. The van der Waals surface area contributed by atoms with Crippen molar-refractivity contribution < 1.29 is 0 Å². The van der Waals surface area contributed by atoms with Gasteiger partial charge in [-0.15, -0.1) is 0 Å². The Labute approximate surface area is 86.5 Å². The van der Waals surface area contributed by atoms with Gasteiger partial charge < -0.3 is 5.32 Å². The standard InChI is InChI=1S/C13H19N/c1-4-14-12-8-10(3)13-9(2)6-5-7-11(12)13/h5-7,10,12,14H,4,8H2,1-3H3. The van der Waals surface area contributed by atoms with Crippen LogP contribution in [0, 0.1) is 6.92 Å². The number of benzene rings is 1. The monoisotopic (exact) mass is 189 g/mol. The molecule has 0 saturated carbocycles. The topological polar surface area (TPSA) is 12.0 Å². The minimum absolute atomic E-state index is 0.588. The van der Waals surface area contributed by atoms with Crippen LogP contribution in [0.4, 0.5) is 0 Å². The first-order valence-corrected chi connectivity index (χ1v) is 5.56. The second-order valence-corrected chi connectivity index (χ2v) is 4.32. The lowest BCUT2D eigenvalue weighted by molar-refractivity contribution is 0.521. The summed E-state index contributed by atoms with van der Waals surface area (Å²) in [5.74, 6) is 0.718. The van der Waals surface area contributed by atoms with Crippen LogP contribution in [0.3, 0.4) is 0 Å². The smallest absolute Gasteiger partial charge is 0.0328 e. The fourth-order valence-electron chi connectivity index (χ4n) is 2.72. The summed E-state index contributed by atoms with van der Waals surface area (Å²) in [6, 6.07) is 7.27. The molecule has 0 saturated heterocycles. The van der Waals surface area contributed by atoms with Gasteiger partial charge in [-0.25, -0.2) is 0 Å². The van der Waals surface area contributed by atoms with Crippen molar-refractivity contribution in [2.45, 2.75) is 39.2 Å². The molecule has 1 heteroatoms. The van der Waals surface area contributed by atoms with Gasteiger partial charge in [-0.3, -0.25) is 0 Å². The van der Waals surface area contributed by atoms with E-state index in [4.69, 9.17) is 0 Å². The first kappa shape index (κ1) is 9.72. The molecule has 2 rings (SSSR count). The molecule has 0 bridgehead atoms. The number of hydrogen-bond acceptors (Lipinski definition) is 1. The van der Waals surface area contributed by atoms with E-state index in [0.717, 1.165) is 12.5 Å². The summed E-state index contributed by atoms with van der Waals surface area (Å²) in [5, 5.41) is 3.56. The van der Waals surface area contributed by atoms with Gasteiger partial charge in [0.2, 0.25) is 0 Å². The van der Waals surface area contributed by atoms with Gasteiger partial charge in [0.25, 0.3) is 0 Å². The van der Waals surface area contributed by atoms with Crippen molar-refractivity contribution in [3.05, 3.63) is 34.9 Å². The molecule has 1 aromatic rings. The van der Waals surface area contributed by atoms with Crippen molar-refractivity contribution in [2.24, 2.45) is 0 Å². The SMILES string of the molecule is CCNC1CC(C)c2c(C)cccc21. The molecule has 2 unspecified atom stereocenters. The Hall–Kier alpha value is -0.820. The lowest BCUT2D eigenvalue weighted by atomic mass is 9.98. The Bertz CT molecular complexity index is 330. The Balaban J connectivity index is 2.39. The maximum Gasteiger partial charge on any atom is 0.0328 e. The summed E-state index contributed by atoms with van der Waals surface area (Å²) in [7, 11) is 0. The van der Waals surface area contributed by atoms with Crippen molar-refractivity contribution in [2.75, 3.05) is 6.54 Å². The number of fused-ring (bicyclic) bond motifs is 1. The van der Waals surface area contributed by atoms with Crippen LogP contribution in [0.1, 0.15) is 48.9 Å². The normalized spacial score (nSPS) is 25.1. The number of nitrogens with one attached hydrogen (secondary N) is 1. The Morgan fingerprint density at radius 3 is 2.93 bits per heavy atom. The van der Waals surface area contributed by atoms with Gasteiger partial charge in [0.05, 0.1) is 0 Å². The predicted molar refractivity (Wildman–Crippen MR) is 60.6 cm³/mol. The second-order valence-electron chi connectivity index (χ2n) is 4.32. The summed E-state index contributed by atoms with van der Waals surface area (Å²) >= 11 is 0. The summed E-state index contributed by atoms with van der Waals surface area (Å²) < 4.78 is 0. The molecule has 14 heavy (non-hydrogen) atoms. The molecule has 0 radical (unpaired) electrons. The summed E-state index contributed by atoms with van der Waals surface area (Å²) in [4.78, 5) is 0. The van der Waals surface area contributed by atoms with E-state index >= 15 is 0 Å². The molecule has 76 valence electrons. The van der Waals surface area contributed by atoms with Gasteiger partial charge >= 0.3 is 0 Å². The van der Waals surface area contributed by atoms with Crippen LogP contribution in [0.5, 0.6) is 0 Å². The highest BCUT2D eigenvalue weighted by Crippen LogP contribution is 2.41. The van der Waals surface area contributed by atoms with Gasteiger partial charge in [0, 0.05) is 6.04 Å². The average Bonchev–Trinajstić information content (AvgIpc) is 2.46. The van der Waals surface area contributed by atoms with E-state index < -0.39 is 0 Å². The zero-order valence-electron chi connectivity index (χ0n) is 9.30. The number of hydrogen-bond donors (Lipinski definition) is 1. The molecule has 1 aromatic carbocycles. The third-order valence-electron chi connectivity index (χ3n) is 3.27. The zero-order valence-corrected chi connectivity index (χ0v) is 9.30. The lowest BCUT2D eigenvalue weighted by Gasteiger charge is -2.12. The van der Waals surface area contributed by atoms with Crippen molar-refractivity contribution in [1.82, 2.24) is 5.32 Å². The van der Waals surface area contributed by atoms with E-state index in [-0.39, 0.29) is 0 Å². The Morgan fingerprint density at radius 1 is 1.43 bits per heavy atom. The molecular formula is C13H19N. The molecule has 1 aliphatic rings. The molecule has 0 amide bonds. The zero-order chi connectivity index (χ0) is 10.1. The van der Waals surface area contributed by atoms with Crippen LogP contribution < -0.4 is 5.32 Å². The lowest BCUT2D eigenvalue weighted by Crippen LogP contribution is -2.18. The average molecular weight is 189 g/mol. The molecular weight excluding hydrogens is 170 g/mol. The quantitative estimate of drug-likeness (QED) is 0.753. The minimum Gasteiger partial charge on any atom is -0.310 e. The fourth-order valence-corrected chi connectivity index (χ4v) is 2.72. The van der Waals surface area contributed by atoms with E-state index in [0.29, 0.717) is 6.04 Å². The van der Waals surface area contributed by atoms with E-state index in [1.165, 1.54) is 17.5 Å². The Kier molecular flexibility index (Phi) is 2.60. The van der Waals surface area contributed by atoms with Crippen LogP contribution >= 0.6 is 0 Å². The van der Waals surface area contributed by atoms with Crippen molar-refractivity contribution >= 4 is 0 Å². The van der Waals surface area contributed by atoms with Crippen LogP contribution in [0.2, 0.25) is 0 Å². The summed E-state index contributed by atoms with van der Waals surface area (Å²) in [6.45, 7) is 7.80. The molecule has 0 aliphatic heterocycles. The van der Waals surface area contributed by atoms with Gasteiger partial charge in [-0.1, -0.05) is 32.0 Å². The first-order valence-electron chi connectivity index (χ1n) is 5.56. The molecule has 1 aliphatic carbocycles. The highest BCUT2D eigenvalue weighted by molar-refractivity contribution is 5.42. The number of rotatable bonds is 2. The first-order chi connectivity index (χ1) is 6.74. The van der Waals surface area contributed by atoms with Crippen LogP contribution in [-0.2, 0) is 0 Å². The molecule has 0 spiro atoms. The van der Waals surface area contributed by atoms with Gasteiger partial charge in [0.1, 0.15) is 0 Å². The van der Waals surface area contributed by atoms with E-state index in [2.05, 4.69) is 44.3 Å². The molecule has 0 fully saturated rings. The van der Waals surface area contributed by atoms with Crippen LogP contribution in [0.25, 0.3) is 0 Å². The highest BCUT2D eigenvalue weighted by atomic mass is 14.9. The minimum atomic E-state index is 0.588. The van der Waals surface area contributed by atoms with Crippen molar-refractivity contribution in [3.8, 4) is 0 Å². The Morgan fingerprint density at radius 2 is 2.21 bits per heavy atom. The van der Waals surface area contributed by atoms with Crippen molar-refractivity contribution in [3.63, 3.8) is 0 Å². The van der Waals surface area contributed by atoms with E-state index in [9.17, 15) is 0 Å². The molecule has 2 atom stereocenters. The molecule has 1 nitrogen and oxygen atoms in total. The predicted octanol–water partition coefficient (Wildman–Crippen LogP) is 3.15. The van der Waals surface area contributed by atoms with E-state index in [1.807, 2.05) is 0 Å². The van der Waals surface area contributed by atoms with Gasteiger partial charge in [-0.05, 0) is 42.5 Å². The maximum atomic E-state index is 3.56. The molecule has 0 heterocycles. The third-order valence-corrected chi connectivity index (χ3v) is 3.27. The highest BCUT2D eigenvalue weighted by Gasteiger charge is 2.28. The van der Waals surface area contributed by atoms with E-state index in [1.54, 1.807) is 5.56 Å². The fraction of sp³-hybridized carbons (Fsp3) is 0.538. The summed E-state index contributed by atoms with van der Waals surface area (Å²) in [6.07, 6.45) is 1.26. The molecule has 1 N–H and O–H groups in total. The number of aryl methyl sites for hydroxylation is 1. The van der Waals surface area contributed by atoms with Gasteiger partial charge in [-0.2, -0.15) is 0 Å². The van der Waals surface area contributed by atoms with Crippen LogP contribution in [0.15, 0.2) is 18.2 Å².